The van der Waals surface area contributed by atoms with Crippen molar-refractivity contribution in [3.8, 4) is 0 Å². The van der Waals surface area contributed by atoms with Crippen LogP contribution in [0, 0.1) is 16.7 Å². The Hall–Kier alpha value is -0.130. The summed E-state index contributed by atoms with van der Waals surface area (Å²) in [5, 5.41) is 2.90. The maximum Gasteiger partial charge on any atom is 0.215 e. The van der Waals surface area contributed by atoms with Crippen molar-refractivity contribution in [3.05, 3.63) is 0 Å². The molecule has 2 N–H and O–H groups in total. The molecule has 0 amide bonds. The zero-order valence-corrected chi connectivity index (χ0v) is 12.7. The van der Waals surface area contributed by atoms with Gasteiger partial charge in [0.1, 0.15) is 0 Å². The lowest BCUT2D eigenvalue weighted by Gasteiger charge is -2.23. The second-order valence-corrected chi connectivity index (χ2v) is 8.90. The monoisotopic (exact) mass is 274 g/mol. The van der Waals surface area contributed by atoms with Crippen molar-refractivity contribution in [2.45, 2.75) is 45.8 Å². The highest BCUT2D eigenvalue weighted by Gasteiger charge is 2.64. The minimum atomic E-state index is -3.15. The number of hydrogen-bond donors (Lipinski definition) is 2. The molecular formula is C13H26N2O2S. The molecule has 1 atom stereocenters. The molecule has 2 rings (SSSR count). The molecule has 1 unspecified atom stereocenters. The molecule has 1 aliphatic heterocycles. The second-order valence-electron chi connectivity index (χ2n) is 6.86. The molecule has 0 aromatic rings. The quantitative estimate of drug-likeness (QED) is 0.813. The van der Waals surface area contributed by atoms with Crippen molar-refractivity contribution in [1.29, 1.82) is 0 Å². The molecule has 0 radical (unpaired) electrons. The normalized spacial score (nSPS) is 31.2. The largest absolute Gasteiger partial charge is 0.315 e. The lowest BCUT2D eigenvalue weighted by atomic mass is 10.0. The van der Waals surface area contributed by atoms with Gasteiger partial charge in [0.2, 0.25) is 10.0 Å². The van der Waals surface area contributed by atoms with Crippen LogP contribution in [0.2, 0.25) is 0 Å². The van der Waals surface area contributed by atoms with E-state index in [1.54, 1.807) is 0 Å². The van der Waals surface area contributed by atoms with Crippen molar-refractivity contribution >= 4 is 10.0 Å². The molecule has 1 heterocycles. The van der Waals surface area contributed by atoms with Crippen molar-refractivity contribution in [3.63, 3.8) is 0 Å². The summed E-state index contributed by atoms with van der Waals surface area (Å²) >= 11 is 0. The first-order valence-electron chi connectivity index (χ1n) is 6.89. The Morgan fingerprint density at radius 3 is 2.28 bits per heavy atom. The van der Waals surface area contributed by atoms with Gasteiger partial charge in [-0.15, -0.1) is 0 Å². The SMILES string of the molecule is CC1(C)C(CNS(=O)(=O)C2CCCNC2)C1(C)C. The first-order chi connectivity index (χ1) is 8.19. The second kappa shape index (κ2) is 4.46. The fourth-order valence-corrected chi connectivity index (χ4v) is 4.69. The number of hydrogen-bond acceptors (Lipinski definition) is 3. The van der Waals surface area contributed by atoms with E-state index in [2.05, 4.69) is 37.7 Å². The Kier molecular flexibility index (Phi) is 3.54. The Labute approximate surface area is 111 Å². The van der Waals surface area contributed by atoms with Gasteiger partial charge in [0, 0.05) is 13.1 Å². The highest BCUT2D eigenvalue weighted by Crippen LogP contribution is 2.67. The molecule has 0 aromatic carbocycles. The van der Waals surface area contributed by atoms with Crippen molar-refractivity contribution in [1.82, 2.24) is 10.0 Å². The van der Waals surface area contributed by atoms with E-state index in [4.69, 9.17) is 0 Å². The van der Waals surface area contributed by atoms with Gasteiger partial charge in [-0.05, 0) is 36.1 Å². The third kappa shape index (κ3) is 2.32. The zero-order valence-electron chi connectivity index (χ0n) is 11.9. The molecule has 0 spiro atoms. The summed E-state index contributed by atoms with van der Waals surface area (Å²) < 4.78 is 27.2. The number of rotatable bonds is 4. The molecule has 5 heteroatoms. The van der Waals surface area contributed by atoms with E-state index in [0.29, 0.717) is 19.0 Å². The van der Waals surface area contributed by atoms with Gasteiger partial charge in [0.05, 0.1) is 5.25 Å². The molecule has 18 heavy (non-hydrogen) atoms. The summed E-state index contributed by atoms with van der Waals surface area (Å²) in [5.41, 5.74) is 0.473. The van der Waals surface area contributed by atoms with Gasteiger partial charge in [-0.2, -0.15) is 0 Å². The molecule has 2 fully saturated rings. The van der Waals surface area contributed by atoms with Crippen LogP contribution in [0.4, 0.5) is 0 Å². The molecule has 2 aliphatic rings. The van der Waals surface area contributed by atoms with E-state index < -0.39 is 10.0 Å². The summed E-state index contributed by atoms with van der Waals surface area (Å²) in [6.07, 6.45) is 1.73. The van der Waals surface area contributed by atoms with Gasteiger partial charge >= 0.3 is 0 Å². The smallest absolute Gasteiger partial charge is 0.215 e. The Morgan fingerprint density at radius 1 is 1.22 bits per heavy atom. The summed E-state index contributed by atoms with van der Waals surface area (Å²) in [7, 11) is -3.15. The predicted octanol–water partition coefficient (Wildman–Crippen LogP) is 1.34. The van der Waals surface area contributed by atoms with E-state index in [1.165, 1.54) is 0 Å². The van der Waals surface area contributed by atoms with Crippen LogP contribution in [0.3, 0.4) is 0 Å². The van der Waals surface area contributed by atoms with E-state index in [0.717, 1.165) is 19.4 Å². The average Bonchev–Trinajstić information content (AvgIpc) is 2.68. The van der Waals surface area contributed by atoms with Gasteiger partial charge in [-0.25, -0.2) is 13.1 Å². The van der Waals surface area contributed by atoms with Crippen LogP contribution in [0.25, 0.3) is 0 Å². The fraction of sp³-hybridized carbons (Fsp3) is 1.00. The third-order valence-corrected chi connectivity index (χ3v) is 7.35. The highest BCUT2D eigenvalue weighted by molar-refractivity contribution is 7.90. The summed E-state index contributed by atoms with van der Waals surface area (Å²) in [5.74, 6) is 0.441. The Bertz CT molecular complexity index is 395. The molecule has 1 saturated heterocycles. The number of piperidine rings is 1. The van der Waals surface area contributed by atoms with Crippen LogP contribution >= 0.6 is 0 Å². The van der Waals surface area contributed by atoms with Gasteiger partial charge in [0.15, 0.2) is 0 Å². The molecule has 1 saturated carbocycles. The molecule has 0 bridgehead atoms. The number of sulfonamides is 1. The fourth-order valence-electron chi connectivity index (χ4n) is 3.25. The minimum Gasteiger partial charge on any atom is -0.315 e. The van der Waals surface area contributed by atoms with E-state index in [-0.39, 0.29) is 16.1 Å². The first kappa shape index (κ1) is 14.3. The maximum atomic E-state index is 12.2. The maximum absolute atomic E-state index is 12.2. The zero-order chi connectivity index (χ0) is 13.6. The van der Waals surface area contributed by atoms with Gasteiger partial charge in [-0.1, -0.05) is 27.7 Å². The summed E-state index contributed by atoms with van der Waals surface area (Å²) in [6.45, 7) is 11.0. The van der Waals surface area contributed by atoms with Crippen LogP contribution < -0.4 is 10.0 Å². The number of nitrogens with one attached hydrogen (secondary N) is 2. The first-order valence-corrected chi connectivity index (χ1v) is 8.43. The summed E-state index contributed by atoms with van der Waals surface area (Å²) in [6, 6.07) is 0. The Morgan fingerprint density at radius 2 is 1.83 bits per heavy atom. The third-order valence-electron chi connectivity index (χ3n) is 5.50. The van der Waals surface area contributed by atoms with Crippen LogP contribution in [0.1, 0.15) is 40.5 Å². The lowest BCUT2D eigenvalue weighted by molar-refractivity contribution is 0.457. The highest BCUT2D eigenvalue weighted by atomic mass is 32.2. The summed E-state index contributed by atoms with van der Waals surface area (Å²) in [4.78, 5) is 0. The van der Waals surface area contributed by atoms with Crippen LogP contribution in [0.5, 0.6) is 0 Å². The molecule has 0 aromatic heterocycles. The molecule has 4 nitrogen and oxygen atoms in total. The van der Waals surface area contributed by atoms with E-state index in [1.807, 2.05) is 0 Å². The van der Waals surface area contributed by atoms with Crippen molar-refractivity contribution in [2.75, 3.05) is 19.6 Å². The van der Waals surface area contributed by atoms with Crippen molar-refractivity contribution in [2.24, 2.45) is 16.7 Å². The molecule has 1 aliphatic carbocycles. The van der Waals surface area contributed by atoms with Crippen LogP contribution in [-0.2, 0) is 10.0 Å². The van der Waals surface area contributed by atoms with E-state index >= 15 is 0 Å². The van der Waals surface area contributed by atoms with Crippen LogP contribution in [0.15, 0.2) is 0 Å². The lowest BCUT2D eigenvalue weighted by Crippen LogP contribution is -2.44. The molecule has 106 valence electrons. The van der Waals surface area contributed by atoms with Crippen LogP contribution in [-0.4, -0.2) is 33.3 Å². The van der Waals surface area contributed by atoms with Crippen molar-refractivity contribution < 1.29 is 8.42 Å². The standard InChI is InChI=1S/C13H26N2O2S/c1-12(2)11(13(12,3)4)9-15-18(16,17)10-6-5-7-14-8-10/h10-11,14-15H,5-9H2,1-4H3. The predicted molar refractivity (Wildman–Crippen MR) is 73.9 cm³/mol. The Balaban J connectivity index is 1.90. The topological polar surface area (TPSA) is 58.2 Å². The minimum absolute atomic E-state index is 0.236. The average molecular weight is 274 g/mol. The van der Waals surface area contributed by atoms with Gasteiger partial charge in [0.25, 0.3) is 0 Å². The van der Waals surface area contributed by atoms with Gasteiger partial charge < -0.3 is 5.32 Å². The molecular weight excluding hydrogens is 248 g/mol. The van der Waals surface area contributed by atoms with E-state index in [9.17, 15) is 8.42 Å². The van der Waals surface area contributed by atoms with Gasteiger partial charge in [-0.3, -0.25) is 0 Å².